The van der Waals surface area contributed by atoms with Crippen molar-refractivity contribution in [1.29, 1.82) is 0 Å². The maximum absolute atomic E-state index is 2.30. The average Bonchev–Trinajstić information content (AvgIpc) is 2.94. The molecule has 0 spiro atoms. The van der Waals surface area contributed by atoms with Crippen LogP contribution in [0.1, 0.15) is 11.1 Å². The second-order valence-electron chi connectivity index (χ2n) is 11.3. The number of hydrogen-bond acceptors (Lipinski definition) is 0. The fraction of sp³-hybridized carbons (Fsp3) is 0.167. The van der Waals surface area contributed by atoms with Crippen LogP contribution in [0.15, 0.2) is 133 Å². The van der Waals surface area contributed by atoms with Gasteiger partial charge >= 0.3 is 0 Å². The molecule has 0 fully saturated rings. The molecule has 0 bridgehead atoms. The van der Waals surface area contributed by atoms with Gasteiger partial charge in [-0.1, -0.05) is 109 Å². The zero-order valence-corrected chi connectivity index (χ0v) is 23.0. The molecule has 0 aromatic heterocycles. The molecule has 0 aliphatic heterocycles. The quantitative estimate of drug-likeness (QED) is 0.188. The molecule has 0 radical (unpaired) electrons. The fourth-order valence-corrected chi connectivity index (χ4v) is 5.22. The molecule has 0 amide bonds. The normalized spacial score (nSPS) is 11.9. The smallest absolute Gasteiger partial charge is 0.133 e. The second-order valence-corrected chi connectivity index (χ2v) is 11.3. The van der Waals surface area contributed by atoms with Crippen molar-refractivity contribution in [3.05, 3.63) is 145 Å². The van der Waals surface area contributed by atoms with E-state index >= 15 is 0 Å². The molecule has 5 aromatic rings. The number of hydrogen-bond donors (Lipinski definition) is 0. The number of nitrogens with zero attached hydrogens (tertiary/aromatic N) is 2. The molecule has 2 nitrogen and oxygen atoms in total. The Bertz CT molecular complexity index is 1330. The molecular formula is C36H38N2+2. The SMILES string of the molecule is C[N+](C)(Cc1ccc(-c2ccccc2)cc1)c1ccc([N+](C)(C)Cc2ccc(-c3ccccc3)cc2)cc1. The highest BCUT2D eigenvalue weighted by Crippen LogP contribution is 2.30. The van der Waals surface area contributed by atoms with Crippen LogP contribution in [0.5, 0.6) is 0 Å². The summed E-state index contributed by atoms with van der Waals surface area (Å²) in [4.78, 5) is 0. The predicted molar refractivity (Wildman–Crippen MR) is 165 cm³/mol. The molecule has 5 aromatic carbocycles. The predicted octanol–water partition coefficient (Wildman–Crippen LogP) is 8.55. The van der Waals surface area contributed by atoms with Crippen LogP contribution < -0.4 is 8.97 Å². The Hall–Kier alpha value is -3.98. The van der Waals surface area contributed by atoms with Crippen LogP contribution >= 0.6 is 0 Å². The zero-order chi connectivity index (χ0) is 26.6. The van der Waals surface area contributed by atoms with Crippen LogP contribution in [0.25, 0.3) is 22.3 Å². The lowest BCUT2D eigenvalue weighted by molar-refractivity contribution is 0.385. The second kappa shape index (κ2) is 10.8. The molecule has 0 saturated heterocycles. The highest BCUT2D eigenvalue weighted by molar-refractivity contribution is 5.64. The first kappa shape index (κ1) is 25.7. The van der Waals surface area contributed by atoms with E-state index in [1.165, 1.54) is 44.8 Å². The van der Waals surface area contributed by atoms with Crippen LogP contribution in [-0.4, -0.2) is 28.2 Å². The van der Waals surface area contributed by atoms with Crippen LogP contribution in [0.2, 0.25) is 0 Å². The van der Waals surface area contributed by atoms with Crippen molar-refractivity contribution in [2.45, 2.75) is 13.1 Å². The summed E-state index contributed by atoms with van der Waals surface area (Å²) in [5.74, 6) is 0. The van der Waals surface area contributed by atoms with Gasteiger partial charge in [-0.15, -0.1) is 0 Å². The fourth-order valence-electron chi connectivity index (χ4n) is 5.22. The molecule has 0 atom stereocenters. The molecule has 38 heavy (non-hydrogen) atoms. The summed E-state index contributed by atoms with van der Waals surface area (Å²) in [6, 6.07) is 48.3. The first-order chi connectivity index (χ1) is 18.3. The first-order valence-electron chi connectivity index (χ1n) is 13.4. The van der Waals surface area contributed by atoms with Gasteiger partial charge in [0, 0.05) is 35.4 Å². The minimum absolute atomic E-state index is 0.805. The van der Waals surface area contributed by atoms with Crippen LogP contribution in [0.4, 0.5) is 11.4 Å². The molecule has 0 aliphatic rings. The Morgan fingerprint density at radius 2 is 0.632 bits per heavy atom. The van der Waals surface area contributed by atoms with E-state index < -0.39 is 0 Å². The van der Waals surface area contributed by atoms with Gasteiger partial charge in [0.2, 0.25) is 0 Å². The average molecular weight is 499 g/mol. The van der Waals surface area contributed by atoms with E-state index in [4.69, 9.17) is 0 Å². The van der Waals surface area contributed by atoms with Gasteiger partial charge in [0.15, 0.2) is 0 Å². The Kier molecular flexibility index (Phi) is 7.28. The molecule has 0 aliphatic carbocycles. The molecule has 0 heterocycles. The van der Waals surface area contributed by atoms with Crippen LogP contribution in [0, 0.1) is 0 Å². The molecule has 0 unspecified atom stereocenters. The third-order valence-corrected chi connectivity index (χ3v) is 7.53. The van der Waals surface area contributed by atoms with Crippen LogP contribution in [-0.2, 0) is 13.1 Å². The van der Waals surface area contributed by atoms with Crippen molar-refractivity contribution in [2.24, 2.45) is 0 Å². The van der Waals surface area contributed by atoms with E-state index in [2.05, 4.69) is 162 Å². The monoisotopic (exact) mass is 498 g/mol. The van der Waals surface area contributed by atoms with Gasteiger partial charge in [-0.25, -0.2) is 0 Å². The van der Waals surface area contributed by atoms with Gasteiger partial charge in [0.25, 0.3) is 0 Å². The number of quaternary nitrogens is 2. The molecule has 5 rings (SSSR count). The minimum Gasteiger partial charge on any atom is -0.292 e. The maximum Gasteiger partial charge on any atom is 0.133 e. The topological polar surface area (TPSA) is 0 Å². The standard InChI is InChI=1S/C36H38N2/c1-37(2,27-29-15-19-33(20-16-29)31-11-7-5-8-12-31)35-23-25-36(26-24-35)38(3,4)28-30-17-21-34(22-18-30)32-13-9-6-10-14-32/h5-26H,27-28H2,1-4H3/q+2. The third-order valence-electron chi connectivity index (χ3n) is 7.53. The highest BCUT2D eigenvalue weighted by Gasteiger charge is 2.24. The Morgan fingerprint density at radius 1 is 0.342 bits per heavy atom. The summed E-state index contributed by atoms with van der Waals surface area (Å²) >= 11 is 0. The lowest BCUT2D eigenvalue weighted by atomic mass is 10.0. The van der Waals surface area contributed by atoms with E-state index in [1.807, 2.05) is 0 Å². The van der Waals surface area contributed by atoms with Gasteiger partial charge in [-0.05, 0) is 22.3 Å². The van der Waals surface area contributed by atoms with Gasteiger partial charge < -0.3 is 0 Å². The third kappa shape index (κ3) is 5.94. The van der Waals surface area contributed by atoms with Crippen molar-refractivity contribution in [2.75, 3.05) is 28.2 Å². The van der Waals surface area contributed by atoms with Crippen molar-refractivity contribution in [1.82, 2.24) is 8.97 Å². The lowest BCUT2D eigenvalue weighted by Crippen LogP contribution is -2.41. The number of benzene rings is 5. The molecule has 0 N–H and O–H groups in total. The summed E-state index contributed by atoms with van der Waals surface area (Å²) in [6.07, 6.45) is 0. The maximum atomic E-state index is 2.30. The summed E-state index contributed by atoms with van der Waals surface area (Å²) in [6.45, 7) is 1.89. The number of rotatable bonds is 8. The Balaban J connectivity index is 1.25. The van der Waals surface area contributed by atoms with E-state index in [9.17, 15) is 0 Å². The summed E-state index contributed by atoms with van der Waals surface area (Å²) in [5, 5.41) is 0. The zero-order valence-electron chi connectivity index (χ0n) is 23.0. The summed E-state index contributed by atoms with van der Waals surface area (Å²) in [5.41, 5.74) is 10.4. The lowest BCUT2D eigenvalue weighted by Gasteiger charge is -2.32. The largest absolute Gasteiger partial charge is 0.292 e. The molecule has 2 heteroatoms. The van der Waals surface area contributed by atoms with Crippen LogP contribution in [0.3, 0.4) is 0 Å². The van der Waals surface area contributed by atoms with Crippen molar-refractivity contribution in [3.8, 4) is 22.3 Å². The molecule has 190 valence electrons. The molecule has 0 saturated carbocycles. The van der Waals surface area contributed by atoms with E-state index in [0.717, 1.165) is 22.1 Å². The first-order valence-corrected chi connectivity index (χ1v) is 13.4. The summed E-state index contributed by atoms with van der Waals surface area (Å²) < 4.78 is 1.61. The van der Waals surface area contributed by atoms with Gasteiger partial charge in [-0.3, -0.25) is 8.97 Å². The highest BCUT2D eigenvalue weighted by atomic mass is 15.3. The van der Waals surface area contributed by atoms with E-state index in [-0.39, 0.29) is 0 Å². The van der Waals surface area contributed by atoms with Gasteiger partial charge in [-0.2, -0.15) is 0 Å². The van der Waals surface area contributed by atoms with Crippen molar-refractivity contribution in [3.63, 3.8) is 0 Å². The van der Waals surface area contributed by atoms with Gasteiger partial charge in [0.1, 0.15) is 24.5 Å². The van der Waals surface area contributed by atoms with Crippen molar-refractivity contribution < 1.29 is 0 Å². The summed E-state index contributed by atoms with van der Waals surface area (Å²) in [7, 11) is 9.14. The minimum atomic E-state index is 0.805. The van der Waals surface area contributed by atoms with E-state index in [0.29, 0.717) is 0 Å². The Morgan fingerprint density at radius 3 is 0.947 bits per heavy atom. The van der Waals surface area contributed by atoms with E-state index in [1.54, 1.807) is 0 Å². The molecular weight excluding hydrogens is 460 g/mol. The Labute approximate surface area is 228 Å². The van der Waals surface area contributed by atoms with Crippen molar-refractivity contribution >= 4 is 11.4 Å². The van der Waals surface area contributed by atoms with Gasteiger partial charge in [0.05, 0.1) is 28.2 Å².